The Labute approximate surface area is 96.8 Å². The van der Waals surface area contributed by atoms with E-state index in [-0.39, 0.29) is 11.9 Å². The molecule has 1 saturated heterocycles. The Kier molecular flexibility index (Phi) is 3.18. The predicted octanol–water partition coefficient (Wildman–Crippen LogP) is 2.65. The third-order valence-electron chi connectivity index (χ3n) is 2.35. The van der Waals surface area contributed by atoms with Crippen LogP contribution in [0.5, 0.6) is 0 Å². The summed E-state index contributed by atoms with van der Waals surface area (Å²) in [4.78, 5) is 11.8. The normalized spacial score (nSPS) is 21.1. The summed E-state index contributed by atoms with van der Waals surface area (Å²) >= 11 is 2.23. The van der Waals surface area contributed by atoms with Gasteiger partial charge in [-0.25, -0.2) is 0 Å². The zero-order chi connectivity index (χ0) is 9.97. The zero-order valence-electron chi connectivity index (χ0n) is 7.70. The number of carbonyl (C=O) groups is 1. The van der Waals surface area contributed by atoms with Crippen molar-refractivity contribution < 1.29 is 9.53 Å². The predicted molar refractivity (Wildman–Crippen MR) is 62.5 cm³/mol. The van der Waals surface area contributed by atoms with Crippen molar-refractivity contribution in [3.05, 3.63) is 33.4 Å². The third kappa shape index (κ3) is 2.15. The average Bonchev–Trinajstić information content (AvgIpc) is 2.71. The minimum Gasteiger partial charge on any atom is -0.370 e. The van der Waals surface area contributed by atoms with Gasteiger partial charge in [0.25, 0.3) is 0 Å². The number of rotatable bonds is 2. The lowest BCUT2D eigenvalue weighted by atomic mass is 10.0. The molecule has 74 valence electrons. The van der Waals surface area contributed by atoms with Crippen LogP contribution in [-0.2, 0) is 4.74 Å². The first-order valence-corrected chi connectivity index (χ1v) is 5.76. The van der Waals surface area contributed by atoms with Crippen LogP contribution >= 0.6 is 22.6 Å². The molecule has 2 rings (SSSR count). The second-order valence-electron chi connectivity index (χ2n) is 3.37. The van der Waals surface area contributed by atoms with Gasteiger partial charge in [0.05, 0.1) is 0 Å². The minimum atomic E-state index is -0.199. The van der Waals surface area contributed by atoms with Crippen molar-refractivity contribution in [2.75, 3.05) is 6.61 Å². The molecule has 0 bridgehead atoms. The molecule has 0 saturated carbocycles. The third-order valence-corrected chi connectivity index (χ3v) is 3.07. The molecule has 0 radical (unpaired) electrons. The molecule has 1 aliphatic heterocycles. The van der Waals surface area contributed by atoms with Gasteiger partial charge in [-0.15, -0.1) is 0 Å². The second kappa shape index (κ2) is 4.40. The zero-order valence-corrected chi connectivity index (χ0v) is 9.86. The Morgan fingerprint density at radius 3 is 2.64 bits per heavy atom. The van der Waals surface area contributed by atoms with Crippen LogP contribution in [0.2, 0.25) is 0 Å². The summed E-state index contributed by atoms with van der Waals surface area (Å²) in [7, 11) is 0. The summed E-state index contributed by atoms with van der Waals surface area (Å²) in [5.74, 6) is 0.124. The Morgan fingerprint density at radius 2 is 2.07 bits per heavy atom. The number of ether oxygens (including phenoxy) is 1. The van der Waals surface area contributed by atoms with Crippen molar-refractivity contribution in [2.24, 2.45) is 0 Å². The maximum atomic E-state index is 11.8. The van der Waals surface area contributed by atoms with Gasteiger partial charge in [-0.05, 0) is 47.6 Å². The maximum Gasteiger partial charge on any atom is 0.191 e. The highest BCUT2D eigenvalue weighted by Gasteiger charge is 2.24. The standard InChI is InChI=1S/C11H11IO2/c12-9-5-3-8(4-6-9)11(13)10-2-1-7-14-10/h3-6,10H,1-2,7H2. The van der Waals surface area contributed by atoms with Crippen LogP contribution in [0.15, 0.2) is 24.3 Å². The maximum absolute atomic E-state index is 11.8. The lowest BCUT2D eigenvalue weighted by Crippen LogP contribution is -2.19. The van der Waals surface area contributed by atoms with Crippen molar-refractivity contribution in [3.8, 4) is 0 Å². The lowest BCUT2D eigenvalue weighted by molar-refractivity contribution is 0.0643. The monoisotopic (exact) mass is 302 g/mol. The molecule has 0 N–H and O–H groups in total. The van der Waals surface area contributed by atoms with Gasteiger partial charge in [0, 0.05) is 15.7 Å². The summed E-state index contributed by atoms with van der Waals surface area (Å²) < 4.78 is 6.49. The van der Waals surface area contributed by atoms with Gasteiger partial charge in [-0.1, -0.05) is 12.1 Å². The molecule has 1 aromatic carbocycles. The van der Waals surface area contributed by atoms with Crippen molar-refractivity contribution >= 4 is 28.4 Å². The summed E-state index contributed by atoms with van der Waals surface area (Å²) in [6, 6.07) is 7.63. The van der Waals surface area contributed by atoms with Gasteiger partial charge in [-0.3, -0.25) is 4.79 Å². The molecular weight excluding hydrogens is 291 g/mol. The molecular formula is C11H11IO2. The molecule has 1 aromatic rings. The van der Waals surface area contributed by atoms with Crippen LogP contribution in [0.1, 0.15) is 23.2 Å². The average molecular weight is 302 g/mol. The molecule has 1 aliphatic rings. The van der Waals surface area contributed by atoms with Gasteiger partial charge in [0.1, 0.15) is 6.10 Å². The topological polar surface area (TPSA) is 26.3 Å². The Balaban J connectivity index is 2.14. The van der Waals surface area contributed by atoms with E-state index in [0.29, 0.717) is 0 Å². The molecule has 2 nitrogen and oxygen atoms in total. The van der Waals surface area contributed by atoms with Crippen LogP contribution < -0.4 is 0 Å². The number of hydrogen-bond donors (Lipinski definition) is 0. The molecule has 1 heterocycles. The highest BCUT2D eigenvalue weighted by molar-refractivity contribution is 14.1. The van der Waals surface area contributed by atoms with Crippen molar-refractivity contribution in [1.82, 2.24) is 0 Å². The van der Waals surface area contributed by atoms with Crippen LogP contribution in [0.25, 0.3) is 0 Å². The summed E-state index contributed by atoms with van der Waals surface area (Å²) in [6.07, 6.45) is 1.67. The van der Waals surface area contributed by atoms with Crippen LogP contribution in [0.3, 0.4) is 0 Å². The fourth-order valence-corrected chi connectivity index (χ4v) is 1.94. The molecule has 1 unspecified atom stereocenters. The Morgan fingerprint density at radius 1 is 1.36 bits per heavy atom. The summed E-state index contributed by atoms with van der Waals surface area (Å²) in [5.41, 5.74) is 0.761. The smallest absolute Gasteiger partial charge is 0.191 e. The fourth-order valence-electron chi connectivity index (χ4n) is 1.58. The van der Waals surface area contributed by atoms with Crippen LogP contribution in [0.4, 0.5) is 0 Å². The quantitative estimate of drug-likeness (QED) is 0.620. The largest absolute Gasteiger partial charge is 0.370 e. The van der Waals surface area contributed by atoms with Gasteiger partial charge in [0.15, 0.2) is 5.78 Å². The van der Waals surface area contributed by atoms with E-state index in [1.807, 2.05) is 24.3 Å². The minimum absolute atomic E-state index is 0.124. The molecule has 14 heavy (non-hydrogen) atoms. The summed E-state index contributed by atoms with van der Waals surface area (Å²) in [6.45, 7) is 0.723. The van der Waals surface area contributed by atoms with Crippen molar-refractivity contribution in [1.29, 1.82) is 0 Å². The van der Waals surface area contributed by atoms with Crippen molar-refractivity contribution in [2.45, 2.75) is 18.9 Å². The summed E-state index contributed by atoms with van der Waals surface area (Å²) in [5, 5.41) is 0. The number of halogens is 1. The highest BCUT2D eigenvalue weighted by Crippen LogP contribution is 2.17. The number of Topliss-reactive ketones (excluding diaryl/α,β-unsaturated/α-hetero) is 1. The number of hydrogen-bond acceptors (Lipinski definition) is 2. The van der Waals surface area contributed by atoms with Crippen LogP contribution in [-0.4, -0.2) is 18.5 Å². The first-order valence-electron chi connectivity index (χ1n) is 4.69. The second-order valence-corrected chi connectivity index (χ2v) is 4.62. The number of carbonyl (C=O) groups excluding carboxylic acids is 1. The number of benzene rings is 1. The van der Waals surface area contributed by atoms with E-state index in [9.17, 15) is 4.79 Å². The Bertz CT molecular complexity index is 326. The van der Waals surface area contributed by atoms with Gasteiger partial charge < -0.3 is 4.74 Å². The molecule has 1 fully saturated rings. The molecule has 3 heteroatoms. The SMILES string of the molecule is O=C(c1ccc(I)cc1)C1CCCO1. The molecule has 0 aromatic heterocycles. The fraction of sp³-hybridized carbons (Fsp3) is 0.364. The highest BCUT2D eigenvalue weighted by atomic mass is 127. The Hall–Kier alpha value is -0.420. The lowest BCUT2D eigenvalue weighted by Gasteiger charge is -2.07. The van der Waals surface area contributed by atoms with E-state index in [4.69, 9.17) is 4.74 Å². The first-order chi connectivity index (χ1) is 6.77. The van der Waals surface area contributed by atoms with Crippen molar-refractivity contribution in [3.63, 3.8) is 0 Å². The molecule has 1 atom stereocenters. The van der Waals surface area contributed by atoms with E-state index < -0.39 is 0 Å². The molecule has 0 spiro atoms. The van der Waals surface area contributed by atoms with E-state index >= 15 is 0 Å². The van der Waals surface area contributed by atoms with Gasteiger partial charge in [0.2, 0.25) is 0 Å². The van der Waals surface area contributed by atoms with Gasteiger partial charge >= 0.3 is 0 Å². The van der Waals surface area contributed by atoms with Gasteiger partial charge in [-0.2, -0.15) is 0 Å². The first kappa shape index (κ1) is 10.1. The van der Waals surface area contributed by atoms with E-state index in [2.05, 4.69) is 22.6 Å². The van der Waals surface area contributed by atoms with E-state index in [0.717, 1.165) is 28.6 Å². The molecule has 0 aliphatic carbocycles. The molecule has 0 amide bonds. The van der Waals surface area contributed by atoms with Crippen LogP contribution in [0, 0.1) is 3.57 Å². The van der Waals surface area contributed by atoms with E-state index in [1.54, 1.807) is 0 Å². The van der Waals surface area contributed by atoms with E-state index in [1.165, 1.54) is 0 Å². The number of ketones is 1.